The van der Waals surface area contributed by atoms with E-state index in [-0.39, 0.29) is 4.90 Å². The molecule has 4 rings (SSSR count). The van der Waals surface area contributed by atoms with Crippen molar-refractivity contribution in [2.75, 3.05) is 7.11 Å². The van der Waals surface area contributed by atoms with Gasteiger partial charge < -0.3 is 9.15 Å². The van der Waals surface area contributed by atoms with Gasteiger partial charge in [-0.2, -0.15) is 0 Å². The van der Waals surface area contributed by atoms with Crippen LogP contribution in [0.25, 0.3) is 21.9 Å². The molecule has 7 nitrogen and oxygen atoms in total. The molecule has 1 heterocycles. The van der Waals surface area contributed by atoms with E-state index in [1.807, 2.05) is 24.3 Å². The van der Waals surface area contributed by atoms with Gasteiger partial charge in [-0.05, 0) is 36.4 Å². The van der Waals surface area contributed by atoms with Crippen LogP contribution in [0.1, 0.15) is 10.4 Å². The molecule has 0 aliphatic carbocycles. The second-order valence-electron chi connectivity index (χ2n) is 6.05. The van der Waals surface area contributed by atoms with Crippen LogP contribution in [0.2, 0.25) is 0 Å². The fraction of sp³-hybridized carbons (Fsp3) is 0.0500. The summed E-state index contributed by atoms with van der Waals surface area (Å²) in [5, 5.41) is 1.66. The third-order valence-electron chi connectivity index (χ3n) is 4.29. The van der Waals surface area contributed by atoms with Crippen LogP contribution >= 0.6 is 0 Å². The molecule has 1 amide bonds. The quantitative estimate of drug-likeness (QED) is 0.505. The highest BCUT2D eigenvalue weighted by atomic mass is 32.2. The van der Waals surface area contributed by atoms with Gasteiger partial charge in [0.15, 0.2) is 0 Å². The average Bonchev–Trinajstić information content (AvgIpc) is 3.10. The lowest BCUT2D eigenvalue weighted by molar-refractivity contribution is 0.0945. The van der Waals surface area contributed by atoms with E-state index in [1.54, 1.807) is 30.3 Å². The normalized spacial score (nSPS) is 11.6. The first kappa shape index (κ1) is 18.0. The zero-order valence-electron chi connectivity index (χ0n) is 14.8. The maximum atomic E-state index is 12.5. The van der Waals surface area contributed by atoms with Gasteiger partial charge in [-0.25, -0.2) is 8.42 Å². The van der Waals surface area contributed by atoms with Crippen LogP contribution in [0.3, 0.4) is 0 Å². The first-order valence-electron chi connectivity index (χ1n) is 8.35. The van der Waals surface area contributed by atoms with Crippen molar-refractivity contribution in [3.63, 3.8) is 0 Å². The zero-order chi connectivity index (χ0) is 19.7. The summed E-state index contributed by atoms with van der Waals surface area (Å²) in [4.78, 5) is 14.5. The second kappa shape index (κ2) is 6.99. The highest BCUT2D eigenvalue weighted by Crippen LogP contribution is 2.29. The van der Waals surface area contributed by atoms with Crippen LogP contribution in [-0.4, -0.2) is 21.4 Å². The number of benzene rings is 3. The molecular weight excluding hydrogens is 380 g/mol. The molecule has 0 aliphatic rings. The summed E-state index contributed by atoms with van der Waals surface area (Å²) in [5.41, 5.74) is 3.89. The first-order chi connectivity index (χ1) is 13.5. The number of sulfonamides is 1. The SMILES string of the molecule is COc1cccc(S(=O)(=O)NNC(=O)c2ccc3oc4ccccc4c3c2)c1. The Labute approximate surface area is 160 Å². The Morgan fingerprint density at radius 3 is 2.54 bits per heavy atom. The number of hydrogen-bond acceptors (Lipinski definition) is 5. The molecule has 0 bridgehead atoms. The van der Waals surface area contributed by atoms with E-state index in [9.17, 15) is 13.2 Å². The number of furan rings is 1. The fourth-order valence-corrected chi connectivity index (χ4v) is 3.75. The number of hydrazine groups is 1. The summed E-state index contributed by atoms with van der Waals surface area (Å²) in [6.45, 7) is 0. The lowest BCUT2D eigenvalue weighted by atomic mass is 10.1. The van der Waals surface area contributed by atoms with Crippen LogP contribution in [0.5, 0.6) is 5.75 Å². The monoisotopic (exact) mass is 396 g/mol. The Morgan fingerprint density at radius 2 is 1.71 bits per heavy atom. The number of nitrogens with one attached hydrogen (secondary N) is 2. The van der Waals surface area contributed by atoms with Gasteiger partial charge in [0.1, 0.15) is 16.9 Å². The predicted octanol–water partition coefficient (Wildman–Crippen LogP) is 3.22. The molecule has 28 heavy (non-hydrogen) atoms. The van der Waals surface area contributed by atoms with Gasteiger partial charge in [-0.3, -0.25) is 10.2 Å². The second-order valence-corrected chi connectivity index (χ2v) is 7.73. The summed E-state index contributed by atoms with van der Waals surface area (Å²) in [6.07, 6.45) is 0. The molecule has 0 saturated carbocycles. The topological polar surface area (TPSA) is 97.6 Å². The standard InChI is InChI=1S/C20H16N2O5S/c1-26-14-5-4-6-15(12-14)28(24,25)22-21-20(23)13-9-10-19-17(11-13)16-7-2-3-8-18(16)27-19/h2-12,22H,1H3,(H,21,23). The molecule has 0 saturated heterocycles. The molecule has 4 aromatic rings. The number of ether oxygens (including phenoxy) is 1. The maximum Gasteiger partial charge on any atom is 0.266 e. The van der Waals surface area contributed by atoms with Crippen LogP contribution in [-0.2, 0) is 10.0 Å². The molecule has 3 aromatic carbocycles. The van der Waals surface area contributed by atoms with E-state index >= 15 is 0 Å². The number of fused-ring (bicyclic) bond motifs is 3. The minimum Gasteiger partial charge on any atom is -0.497 e. The summed E-state index contributed by atoms with van der Waals surface area (Å²) < 4.78 is 35.5. The Balaban J connectivity index is 1.57. The molecule has 0 unspecified atom stereocenters. The molecule has 1 aromatic heterocycles. The van der Waals surface area contributed by atoms with Crippen LogP contribution in [0, 0.1) is 0 Å². The van der Waals surface area contributed by atoms with Gasteiger partial charge in [0, 0.05) is 22.4 Å². The minimum absolute atomic E-state index is 0.0246. The molecule has 0 radical (unpaired) electrons. The average molecular weight is 396 g/mol. The maximum absolute atomic E-state index is 12.5. The van der Waals surface area contributed by atoms with E-state index in [0.29, 0.717) is 22.5 Å². The van der Waals surface area contributed by atoms with E-state index in [0.717, 1.165) is 10.8 Å². The number of carbonyl (C=O) groups is 1. The van der Waals surface area contributed by atoms with Crippen molar-refractivity contribution in [2.45, 2.75) is 4.90 Å². The summed E-state index contributed by atoms with van der Waals surface area (Å²) in [5.74, 6) is -0.190. The molecule has 0 atom stereocenters. The molecule has 0 aliphatic heterocycles. The molecule has 0 fully saturated rings. The number of amides is 1. The largest absolute Gasteiger partial charge is 0.497 e. The van der Waals surface area contributed by atoms with Gasteiger partial charge in [0.2, 0.25) is 0 Å². The van der Waals surface area contributed by atoms with Crippen molar-refractivity contribution >= 4 is 37.9 Å². The van der Waals surface area contributed by atoms with Gasteiger partial charge >= 0.3 is 0 Å². The minimum atomic E-state index is -3.94. The lowest BCUT2D eigenvalue weighted by Gasteiger charge is -2.09. The number of para-hydroxylation sites is 1. The fourth-order valence-electron chi connectivity index (χ4n) is 2.88. The van der Waals surface area contributed by atoms with E-state index < -0.39 is 15.9 Å². The van der Waals surface area contributed by atoms with Gasteiger partial charge in [0.05, 0.1) is 12.0 Å². The Morgan fingerprint density at radius 1 is 0.929 bits per heavy atom. The summed E-state index contributed by atoms with van der Waals surface area (Å²) in [7, 11) is -2.50. The van der Waals surface area contributed by atoms with Crippen LogP contribution < -0.4 is 15.0 Å². The third-order valence-corrected chi connectivity index (χ3v) is 5.53. The van der Waals surface area contributed by atoms with Gasteiger partial charge in [-0.1, -0.05) is 24.3 Å². The van der Waals surface area contributed by atoms with E-state index in [2.05, 4.69) is 10.3 Å². The van der Waals surface area contributed by atoms with Crippen LogP contribution in [0.15, 0.2) is 76.0 Å². The summed E-state index contributed by atoms with van der Waals surface area (Å²) in [6, 6.07) is 18.3. The number of rotatable bonds is 5. The van der Waals surface area contributed by atoms with Crippen molar-refractivity contribution in [3.05, 3.63) is 72.3 Å². The number of methoxy groups -OCH3 is 1. The molecular formula is C20H16N2O5S. The smallest absolute Gasteiger partial charge is 0.266 e. The molecule has 8 heteroatoms. The number of hydrogen-bond donors (Lipinski definition) is 2. The first-order valence-corrected chi connectivity index (χ1v) is 9.84. The Kier molecular flexibility index (Phi) is 4.50. The molecule has 142 valence electrons. The molecule has 2 N–H and O–H groups in total. The van der Waals surface area contributed by atoms with Crippen LogP contribution in [0.4, 0.5) is 0 Å². The van der Waals surface area contributed by atoms with E-state index in [1.165, 1.54) is 19.2 Å². The van der Waals surface area contributed by atoms with Gasteiger partial charge in [0.25, 0.3) is 15.9 Å². The van der Waals surface area contributed by atoms with Crippen molar-refractivity contribution in [1.82, 2.24) is 10.3 Å². The van der Waals surface area contributed by atoms with E-state index in [4.69, 9.17) is 9.15 Å². The Hall–Kier alpha value is -3.36. The number of carbonyl (C=O) groups excluding carboxylic acids is 1. The van der Waals surface area contributed by atoms with Gasteiger partial charge in [-0.15, -0.1) is 4.83 Å². The predicted molar refractivity (Wildman–Crippen MR) is 105 cm³/mol. The third kappa shape index (κ3) is 3.30. The highest BCUT2D eigenvalue weighted by molar-refractivity contribution is 7.89. The lowest BCUT2D eigenvalue weighted by Crippen LogP contribution is -2.41. The Bertz CT molecular complexity index is 1290. The molecule has 0 spiro atoms. The van der Waals surface area contributed by atoms with Crippen molar-refractivity contribution in [3.8, 4) is 5.75 Å². The zero-order valence-corrected chi connectivity index (χ0v) is 15.6. The summed E-state index contributed by atoms with van der Waals surface area (Å²) >= 11 is 0. The van der Waals surface area contributed by atoms with Crippen molar-refractivity contribution < 1.29 is 22.4 Å². The highest BCUT2D eigenvalue weighted by Gasteiger charge is 2.17. The van der Waals surface area contributed by atoms with Crippen molar-refractivity contribution in [1.29, 1.82) is 0 Å². The van der Waals surface area contributed by atoms with Crippen molar-refractivity contribution in [2.24, 2.45) is 0 Å².